The van der Waals surface area contributed by atoms with Crippen molar-refractivity contribution in [1.29, 1.82) is 0 Å². The maximum Gasteiger partial charge on any atom is 0.500 e. The molecule has 0 atom stereocenters. The summed E-state index contributed by atoms with van der Waals surface area (Å²) in [6.07, 6.45) is 0. The molecule has 1 heterocycles. The molecule has 1 saturated heterocycles. The van der Waals surface area contributed by atoms with Gasteiger partial charge in [-0.25, -0.2) is 8.78 Å². The van der Waals surface area contributed by atoms with Crippen molar-refractivity contribution in [3.05, 3.63) is 23.8 Å². The molecule has 3 nitrogen and oxygen atoms in total. The van der Waals surface area contributed by atoms with Crippen molar-refractivity contribution in [3.63, 3.8) is 0 Å². The normalized spacial score (nSPS) is 21.3. The number of phenols is 1. The van der Waals surface area contributed by atoms with Crippen LogP contribution < -0.4 is 5.46 Å². The van der Waals surface area contributed by atoms with Gasteiger partial charge in [0.1, 0.15) is 17.4 Å². The van der Waals surface area contributed by atoms with Gasteiger partial charge in [0.25, 0.3) is 0 Å². The Morgan fingerprint density at radius 3 is 1.78 bits per heavy atom. The van der Waals surface area contributed by atoms with Gasteiger partial charge in [-0.2, -0.15) is 0 Å². The Morgan fingerprint density at radius 1 is 1.00 bits per heavy atom. The molecule has 0 aromatic heterocycles. The Balaban J connectivity index is 2.42. The van der Waals surface area contributed by atoms with Crippen molar-refractivity contribution in [3.8, 4) is 5.75 Å². The molecule has 1 aromatic rings. The Kier molecular flexibility index (Phi) is 2.90. The zero-order chi connectivity index (χ0) is 13.7. The molecule has 1 aliphatic rings. The Morgan fingerprint density at radius 2 is 1.39 bits per heavy atom. The van der Waals surface area contributed by atoms with Gasteiger partial charge in [-0.3, -0.25) is 0 Å². The zero-order valence-corrected chi connectivity index (χ0v) is 10.8. The summed E-state index contributed by atoms with van der Waals surface area (Å²) in [6, 6.07) is 1.67. The van der Waals surface area contributed by atoms with Crippen molar-refractivity contribution in [2.75, 3.05) is 0 Å². The van der Waals surface area contributed by atoms with Crippen LogP contribution >= 0.6 is 0 Å². The number of halogens is 2. The second kappa shape index (κ2) is 3.93. The number of phenolic OH excluding ortho intramolecular Hbond substituents is 1. The average Bonchev–Trinajstić information content (AvgIpc) is 2.32. The summed E-state index contributed by atoms with van der Waals surface area (Å²) in [4.78, 5) is 0. The molecule has 6 heteroatoms. The summed E-state index contributed by atoms with van der Waals surface area (Å²) in [5, 5.41) is 9.10. The van der Waals surface area contributed by atoms with Crippen molar-refractivity contribution >= 4 is 12.6 Å². The zero-order valence-electron chi connectivity index (χ0n) is 10.8. The van der Waals surface area contributed by atoms with Crippen LogP contribution in [0.3, 0.4) is 0 Å². The molecular formula is C12H15BF2O3. The standard InChI is InChI=1S/C12H15BF2O3/c1-11(2)12(3,4)18-13(17-11)10-8(14)5-7(16)6-9(10)15/h5-6,16H,1-4H3. The number of aromatic hydroxyl groups is 1. The molecule has 1 N–H and O–H groups in total. The number of benzene rings is 1. The van der Waals surface area contributed by atoms with Crippen LogP contribution in [-0.2, 0) is 9.31 Å². The highest BCUT2D eigenvalue weighted by Crippen LogP contribution is 2.37. The summed E-state index contributed by atoms with van der Waals surface area (Å²) in [7, 11) is -1.12. The van der Waals surface area contributed by atoms with E-state index >= 15 is 0 Å². The van der Waals surface area contributed by atoms with E-state index < -0.39 is 35.7 Å². The molecule has 0 unspecified atom stereocenters. The van der Waals surface area contributed by atoms with E-state index in [2.05, 4.69) is 0 Å². The highest BCUT2D eigenvalue weighted by Gasteiger charge is 2.53. The van der Waals surface area contributed by atoms with Gasteiger partial charge in [-0.05, 0) is 27.7 Å². The predicted octanol–water partition coefficient (Wildman–Crippen LogP) is 1.97. The molecule has 98 valence electrons. The number of hydrogen-bond acceptors (Lipinski definition) is 3. The van der Waals surface area contributed by atoms with Gasteiger partial charge >= 0.3 is 7.12 Å². The highest BCUT2D eigenvalue weighted by molar-refractivity contribution is 6.62. The van der Waals surface area contributed by atoms with Gasteiger partial charge in [0.05, 0.1) is 16.7 Å². The van der Waals surface area contributed by atoms with Crippen LogP contribution in [0.25, 0.3) is 0 Å². The second-order valence-corrected chi connectivity index (χ2v) is 5.41. The minimum absolute atomic E-state index is 0.313. The molecule has 0 amide bonds. The van der Waals surface area contributed by atoms with Gasteiger partial charge in [0.15, 0.2) is 0 Å². The van der Waals surface area contributed by atoms with Crippen LogP contribution in [0, 0.1) is 11.6 Å². The topological polar surface area (TPSA) is 38.7 Å². The fraction of sp³-hybridized carbons (Fsp3) is 0.500. The van der Waals surface area contributed by atoms with Gasteiger partial charge < -0.3 is 14.4 Å². The number of hydrogen-bond donors (Lipinski definition) is 1. The summed E-state index contributed by atoms with van der Waals surface area (Å²) in [5.41, 5.74) is -1.66. The van der Waals surface area contributed by atoms with Crippen LogP contribution in [0.15, 0.2) is 12.1 Å². The van der Waals surface area contributed by atoms with Crippen LogP contribution in [0.1, 0.15) is 27.7 Å². The molecule has 2 rings (SSSR count). The van der Waals surface area contributed by atoms with Crippen LogP contribution in [0.2, 0.25) is 0 Å². The fourth-order valence-corrected chi connectivity index (χ4v) is 1.76. The Hall–Kier alpha value is -1.14. The largest absolute Gasteiger partial charge is 0.508 e. The fourth-order valence-electron chi connectivity index (χ4n) is 1.76. The lowest BCUT2D eigenvalue weighted by Crippen LogP contribution is -2.41. The SMILES string of the molecule is CC1(C)OB(c2c(F)cc(O)cc2F)OC1(C)C. The summed E-state index contributed by atoms with van der Waals surface area (Å²) in [5.74, 6) is -2.23. The minimum atomic E-state index is -1.12. The van der Waals surface area contributed by atoms with E-state index in [0.29, 0.717) is 0 Å². The smallest absolute Gasteiger partial charge is 0.500 e. The summed E-state index contributed by atoms with van der Waals surface area (Å²) < 4.78 is 38.5. The molecule has 1 aromatic carbocycles. The van der Waals surface area contributed by atoms with E-state index in [9.17, 15) is 8.78 Å². The summed E-state index contributed by atoms with van der Waals surface area (Å²) >= 11 is 0. The second-order valence-electron chi connectivity index (χ2n) is 5.41. The van der Waals surface area contributed by atoms with Crippen molar-refractivity contribution in [2.24, 2.45) is 0 Å². The first-order chi connectivity index (χ1) is 8.14. The molecular weight excluding hydrogens is 241 g/mol. The van der Waals surface area contributed by atoms with E-state index in [0.717, 1.165) is 12.1 Å². The monoisotopic (exact) mass is 256 g/mol. The number of rotatable bonds is 1. The van der Waals surface area contributed by atoms with Gasteiger partial charge in [-0.1, -0.05) is 0 Å². The van der Waals surface area contributed by atoms with Gasteiger partial charge in [0, 0.05) is 12.1 Å². The summed E-state index contributed by atoms with van der Waals surface area (Å²) in [6.45, 7) is 7.18. The van der Waals surface area contributed by atoms with Crippen molar-refractivity contribution in [1.82, 2.24) is 0 Å². The maximum absolute atomic E-state index is 13.7. The van der Waals surface area contributed by atoms with E-state index in [1.807, 2.05) is 0 Å². The molecule has 18 heavy (non-hydrogen) atoms. The van der Waals surface area contributed by atoms with E-state index in [4.69, 9.17) is 14.4 Å². The van der Waals surface area contributed by atoms with Crippen LogP contribution in [0.5, 0.6) is 5.75 Å². The first-order valence-electron chi connectivity index (χ1n) is 5.67. The third-order valence-corrected chi connectivity index (χ3v) is 3.55. The minimum Gasteiger partial charge on any atom is -0.508 e. The van der Waals surface area contributed by atoms with Crippen LogP contribution in [0.4, 0.5) is 8.78 Å². The third kappa shape index (κ3) is 1.99. The van der Waals surface area contributed by atoms with E-state index in [-0.39, 0.29) is 5.46 Å². The molecule has 0 spiro atoms. The quantitative estimate of drug-likeness (QED) is 0.780. The van der Waals surface area contributed by atoms with Crippen LogP contribution in [-0.4, -0.2) is 23.4 Å². The Labute approximate surface area is 105 Å². The first-order valence-corrected chi connectivity index (χ1v) is 5.67. The van der Waals surface area contributed by atoms with E-state index in [1.54, 1.807) is 27.7 Å². The highest BCUT2D eigenvalue weighted by atomic mass is 19.1. The Bertz CT molecular complexity index is 449. The lowest BCUT2D eigenvalue weighted by molar-refractivity contribution is 0.00578. The molecule has 1 fully saturated rings. The molecule has 0 aliphatic carbocycles. The van der Waals surface area contributed by atoms with Crippen molar-refractivity contribution < 1.29 is 23.2 Å². The lowest BCUT2D eigenvalue weighted by atomic mass is 9.78. The van der Waals surface area contributed by atoms with Gasteiger partial charge in [-0.15, -0.1) is 0 Å². The van der Waals surface area contributed by atoms with E-state index in [1.165, 1.54) is 0 Å². The lowest BCUT2D eigenvalue weighted by Gasteiger charge is -2.32. The van der Waals surface area contributed by atoms with Crippen molar-refractivity contribution in [2.45, 2.75) is 38.9 Å². The molecule has 0 saturated carbocycles. The third-order valence-electron chi connectivity index (χ3n) is 3.55. The molecule has 0 bridgehead atoms. The molecule has 1 aliphatic heterocycles. The van der Waals surface area contributed by atoms with Gasteiger partial charge in [0.2, 0.25) is 0 Å². The maximum atomic E-state index is 13.7. The predicted molar refractivity (Wildman–Crippen MR) is 63.7 cm³/mol. The first kappa shape index (κ1) is 13.3. The average molecular weight is 256 g/mol. The molecule has 0 radical (unpaired) electrons.